The zero-order valence-corrected chi connectivity index (χ0v) is 7.19. The first-order chi connectivity index (χ1) is 6.22. The number of amidine groups is 1. The fourth-order valence-corrected chi connectivity index (χ4v) is 0.745. The monoisotopic (exact) mass is 185 g/mol. The third-order valence-corrected chi connectivity index (χ3v) is 1.28. The molecule has 0 fully saturated rings. The van der Waals surface area contributed by atoms with Crippen molar-refractivity contribution in [3.63, 3.8) is 0 Å². The molecular weight excluding hydrogens is 174 g/mol. The van der Waals surface area contributed by atoms with Crippen LogP contribution in [-0.4, -0.2) is 27.7 Å². The lowest BCUT2D eigenvalue weighted by Crippen LogP contribution is -2.28. The second-order valence-electron chi connectivity index (χ2n) is 2.43. The number of hydrogen-bond acceptors (Lipinski definition) is 6. The van der Waals surface area contributed by atoms with Crippen molar-refractivity contribution in [1.29, 1.82) is 0 Å². The molecule has 0 spiro atoms. The Kier molecular flexibility index (Phi) is 3.21. The minimum Gasteiger partial charge on any atom is -0.409 e. The van der Waals surface area contributed by atoms with Crippen molar-refractivity contribution in [1.82, 2.24) is 15.5 Å². The number of nitrogens with two attached hydrogens (primary N) is 1. The molecule has 4 N–H and O–H groups in total. The molecule has 1 heterocycles. The molecule has 0 atom stereocenters. The molecule has 7 nitrogen and oxygen atoms in total. The lowest BCUT2D eigenvalue weighted by molar-refractivity contribution is 0.316. The fourth-order valence-electron chi connectivity index (χ4n) is 0.745. The summed E-state index contributed by atoms with van der Waals surface area (Å²) in [5.74, 6) is 1.17. The molecule has 7 heteroatoms. The first-order valence-corrected chi connectivity index (χ1v) is 3.68. The first kappa shape index (κ1) is 9.46. The predicted molar refractivity (Wildman–Crippen MR) is 44.2 cm³/mol. The zero-order chi connectivity index (χ0) is 9.68. The van der Waals surface area contributed by atoms with E-state index in [2.05, 4.69) is 20.6 Å². The number of aromatic nitrogens is 2. The van der Waals surface area contributed by atoms with E-state index in [4.69, 9.17) is 15.5 Å². The molecule has 0 aliphatic carbocycles. The fraction of sp³-hybridized carbons (Fsp3) is 0.500. The number of rotatable bonds is 4. The van der Waals surface area contributed by atoms with E-state index in [1.54, 1.807) is 6.92 Å². The van der Waals surface area contributed by atoms with Crippen LogP contribution in [0.15, 0.2) is 9.68 Å². The van der Waals surface area contributed by atoms with Crippen molar-refractivity contribution < 1.29 is 9.73 Å². The van der Waals surface area contributed by atoms with Crippen LogP contribution in [0.4, 0.5) is 0 Å². The molecule has 0 saturated carbocycles. The Labute approximate surface area is 74.6 Å². The second kappa shape index (κ2) is 4.41. The molecule has 0 amide bonds. The highest BCUT2D eigenvalue weighted by molar-refractivity contribution is 5.81. The number of aryl methyl sites for hydroxylation is 1. The summed E-state index contributed by atoms with van der Waals surface area (Å²) in [6.07, 6.45) is 0. The Hall–Kier alpha value is -1.63. The van der Waals surface area contributed by atoms with Gasteiger partial charge in [0.2, 0.25) is 5.89 Å². The van der Waals surface area contributed by atoms with Gasteiger partial charge < -0.3 is 20.8 Å². The van der Waals surface area contributed by atoms with Gasteiger partial charge in [0.1, 0.15) is 0 Å². The Balaban J connectivity index is 2.28. The van der Waals surface area contributed by atoms with Crippen molar-refractivity contribution in [2.45, 2.75) is 13.5 Å². The highest BCUT2D eigenvalue weighted by Gasteiger charge is 2.01. The molecular formula is C6H11N5O2. The minimum absolute atomic E-state index is 0.108. The van der Waals surface area contributed by atoms with Gasteiger partial charge >= 0.3 is 0 Å². The second-order valence-corrected chi connectivity index (χ2v) is 2.43. The Bertz CT molecular complexity index is 295. The first-order valence-electron chi connectivity index (χ1n) is 3.68. The molecule has 0 aliphatic rings. The number of hydrogen-bond donors (Lipinski definition) is 3. The van der Waals surface area contributed by atoms with Crippen molar-refractivity contribution in [3.8, 4) is 0 Å². The van der Waals surface area contributed by atoms with E-state index < -0.39 is 0 Å². The lowest BCUT2D eigenvalue weighted by atomic mass is 10.5. The van der Waals surface area contributed by atoms with Crippen LogP contribution in [0.2, 0.25) is 0 Å². The van der Waals surface area contributed by atoms with E-state index in [0.29, 0.717) is 18.3 Å². The Morgan fingerprint density at radius 1 is 1.77 bits per heavy atom. The Morgan fingerprint density at radius 3 is 3.08 bits per heavy atom. The van der Waals surface area contributed by atoms with E-state index in [0.717, 1.165) is 0 Å². The molecule has 0 aliphatic heterocycles. The van der Waals surface area contributed by atoms with Gasteiger partial charge in [0.25, 0.3) is 0 Å². The summed E-state index contributed by atoms with van der Waals surface area (Å²) in [5.41, 5.74) is 5.21. The normalized spacial score (nSPS) is 11.9. The SMILES string of the molecule is Cc1noc(CNCC(N)=NO)n1. The molecule has 0 unspecified atom stereocenters. The van der Waals surface area contributed by atoms with Crippen LogP contribution in [0.5, 0.6) is 0 Å². The summed E-state index contributed by atoms with van der Waals surface area (Å²) < 4.78 is 4.81. The maximum Gasteiger partial charge on any atom is 0.240 e. The highest BCUT2D eigenvalue weighted by atomic mass is 16.5. The van der Waals surface area contributed by atoms with Crippen LogP contribution in [0, 0.1) is 6.92 Å². The summed E-state index contributed by atoms with van der Waals surface area (Å²) in [4.78, 5) is 3.95. The number of oxime groups is 1. The van der Waals surface area contributed by atoms with Crippen LogP contribution in [0.3, 0.4) is 0 Å². The van der Waals surface area contributed by atoms with Gasteiger partial charge in [0.05, 0.1) is 13.1 Å². The van der Waals surface area contributed by atoms with E-state index in [-0.39, 0.29) is 12.4 Å². The van der Waals surface area contributed by atoms with Crippen molar-refractivity contribution in [3.05, 3.63) is 11.7 Å². The largest absolute Gasteiger partial charge is 0.409 e. The average Bonchev–Trinajstić information content (AvgIpc) is 2.51. The van der Waals surface area contributed by atoms with E-state index >= 15 is 0 Å². The predicted octanol–water partition coefficient (Wildman–Crippen LogP) is -0.786. The molecule has 13 heavy (non-hydrogen) atoms. The minimum atomic E-state index is 0.108. The zero-order valence-electron chi connectivity index (χ0n) is 7.19. The molecule has 1 aromatic rings. The molecule has 0 saturated heterocycles. The molecule has 0 aromatic carbocycles. The van der Waals surface area contributed by atoms with Crippen molar-refractivity contribution >= 4 is 5.84 Å². The number of nitrogens with one attached hydrogen (secondary N) is 1. The smallest absolute Gasteiger partial charge is 0.240 e. The van der Waals surface area contributed by atoms with E-state index in [9.17, 15) is 0 Å². The van der Waals surface area contributed by atoms with Crippen LogP contribution in [0.1, 0.15) is 11.7 Å². The third-order valence-electron chi connectivity index (χ3n) is 1.28. The molecule has 1 rings (SSSR count). The summed E-state index contributed by atoms with van der Waals surface area (Å²) in [5, 5.41) is 17.4. The van der Waals surface area contributed by atoms with Gasteiger partial charge in [-0.2, -0.15) is 4.98 Å². The van der Waals surface area contributed by atoms with Gasteiger partial charge in [0, 0.05) is 0 Å². The van der Waals surface area contributed by atoms with Gasteiger partial charge in [0.15, 0.2) is 11.7 Å². The topological polar surface area (TPSA) is 110 Å². The quantitative estimate of drug-likeness (QED) is 0.245. The maximum absolute atomic E-state index is 8.21. The molecule has 0 bridgehead atoms. The van der Waals surface area contributed by atoms with Crippen molar-refractivity contribution in [2.24, 2.45) is 10.9 Å². The summed E-state index contributed by atoms with van der Waals surface area (Å²) in [6.45, 7) is 2.41. The van der Waals surface area contributed by atoms with Gasteiger partial charge in [-0.3, -0.25) is 0 Å². The maximum atomic E-state index is 8.21. The molecule has 0 radical (unpaired) electrons. The summed E-state index contributed by atoms with van der Waals surface area (Å²) in [7, 11) is 0. The van der Waals surface area contributed by atoms with Crippen LogP contribution < -0.4 is 11.1 Å². The van der Waals surface area contributed by atoms with Gasteiger partial charge in [-0.15, -0.1) is 0 Å². The summed E-state index contributed by atoms with van der Waals surface area (Å²) >= 11 is 0. The van der Waals surface area contributed by atoms with Crippen LogP contribution in [0.25, 0.3) is 0 Å². The van der Waals surface area contributed by atoms with Gasteiger partial charge in [-0.1, -0.05) is 10.3 Å². The van der Waals surface area contributed by atoms with E-state index in [1.807, 2.05) is 0 Å². The summed E-state index contributed by atoms with van der Waals surface area (Å²) in [6, 6.07) is 0. The van der Waals surface area contributed by atoms with Gasteiger partial charge in [-0.25, -0.2) is 0 Å². The molecule has 72 valence electrons. The Morgan fingerprint density at radius 2 is 2.54 bits per heavy atom. The van der Waals surface area contributed by atoms with Crippen LogP contribution >= 0.6 is 0 Å². The highest BCUT2D eigenvalue weighted by Crippen LogP contribution is 1.93. The molecule has 1 aromatic heterocycles. The lowest BCUT2D eigenvalue weighted by Gasteiger charge is -1.97. The third kappa shape index (κ3) is 3.08. The standard InChI is InChI=1S/C6H11N5O2/c1-4-9-6(13-11-4)3-8-2-5(7)10-12/h8,12H,2-3H2,1H3,(H2,7,10). The van der Waals surface area contributed by atoms with Crippen molar-refractivity contribution in [2.75, 3.05) is 6.54 Å². The number of nitrogens with zero attached hydrogens (tertiary/aromatic N) is 3. The average molecular weight is 185 g/mol. The van der Waals surface area contributed by atoms with E-state index in [1.165, 1.54) is 0 Å². The van der Waals surface area contributed by atoms with Crippen LogP contribution in [-0.2, 0) is 6.54 Å². The van der Waals surface area contributed by atoms with Gasteiger partial charge in [-0.05, 0) is 6.92 Å².